The molecule has 0 aliphatic carbocycles. The minimum absolute atomic E-state index is 0.322. The molecule has 1 aromatic heterocycles. The molecule has 0 fully saturated rings. The maximum atomic E-state index is 12.1. The van der Waals surface area contributed by atoms with E-state index in [4.69, 9.17) is 4.74 Å². The van der Waals surface area contributed by atoms with Gasteiger partial charge in [-0.25, -0.2) is 8.42 Å². The van der Waals surface area contributed by atoms with Gasteiger partial charge in [0.1, 0.15) is 5.75 Å². The first-order valence-corrected chi connectivity index (χ1v) is 6.85. The normalized spacial score (nSPS) is 11.0. The number of hydrogen-bond donors (Lipinski definition) is 2. The second-order valence-electron chi connectivity index (χ2n) is 3.71. The summed E-state index contributed by atoms with van der Waals surface area (Å²) < 4.78 is 31.4. The van der Waals surface area contributed by atoms with Gasteiger partial charge in [0.25, 0.3) is 10.0 Å². The molecule has 2 aromatic rings. The Morgan fingerprint density at radius 3 is 2.74 bits per heavy atom. The van der Waals surface area contributed by atoms with Gasteiger partial charge < -0.3 is 9.72 Å². The quantitative estimate of drug-likeness (QED) is 0.880. The Balaban J connectivity index is 2.37. The molecule has 19 heavy (non-hydrogen) atoms. The Hall–Kier alpha value is -2.28. The lowest BCUT2D eigenvalue weighted by molar-refractivity contribution is 0.415. The van der Waals surface area contributed by atoms with E-state index in [-0.39, 0.29) is 4.90 Å². The molecule has 0 atom stereocenters. The molecule has 1 aromatic carbocycles. The zero-order valence-electron chi connectivity index (χ0n) is 10.1. The van der Waals surface area contributed by atoms with Crippen LogP contribution in [0.25, 0.3) is 0 Å². The van der Waals surface area contributed by atoms with Crippen LogP contribution >= 0.6 is 0 Å². The largest absolute Gasteiger partial charge is 0.497 e. The monoisotopic (exact) mass is 280 g/mol. The summed E-state index contributed by atoms with van der Waals surface area (Å²) in [5.74, 6) is 0.516. The number of methoxy groups -OCH3 is 1. The smallest absolute Gasteiger partial charge is 0.267 e. The average Bonchev–Trinajstić information content (AvgIpc) is 2.38. The second kappa shape index (κ2) is 5.15. The van der Waals surface area contributed by atoms with Gasteiger partial charge in [-0.15, -0.1) is 0 Å². The van der Waals surface area contributed by atoms with E-state index in [9.17, 15) is 13.2 Å². The van der Waals surface area contributed by atoms with E-state index in [0.29, 0.717) is 11.4 Å². The minimum atomic E-state index is -3.92. The molecule has 1 heterocycles. The van der Waals surface area contributed by atoms with Crippen LogP contribution in [0, 0.1) is 0 Å². The topological polar surface area (TPSA) is 88.3 Å². The zero-order valence-corrected chi connectivity index (χ0v) is 10.9. The molecule has 0 amide bonds. The molecule has 0 radical (unpaired) electrons. The summed E-state index contributed by atoms with van der Waals surface area (Å²) in [5, 5.41) is 0. The number of sulfonamides is 1. The number of H-pyrrole nitrogens is 1. The first-order valence-electron chi connectivity index (χ1n) is 5.37. The van der Waals surface area contributed by atoms with E-state index < -0.39 is 15.5 Å². The third kappa shape index (κ3) is 2.94. The molecular weight excluding hydrogens is 268 g/mol. The number of benzene rings is 1. The lowest BCUT2D eigenvalue weighted by atomic mass is 10.3. The van der Waals surface area contributed by atoms with E-state index in [1.54, 1.807) is 18.2 Å². The van der Waals surface area contributed by atoms with Crippen LogP contribution in [0.2, 0.25) is 0 Å². The van der Waals surface area contributed by atoms with Gasteiger partial charge >= 0.3 is 0 Å². The van der Waals surface area contributed by atoms with Crippen LogP contribution in [-0.2, 0) is 10.0 Å². The van der Waals surface area contributed by atoms with E-state index in [1.165, 1.54) is 19.4 Å². The number of ether oxygens (including phenoxy) is 1. The fourth-order valence-corrected chi connectivity index (χ4v) is 2.61. The van der Waals surface area contributed by atoms with E-state index >= 15 is 0 Å². The maximum Gasteiger partial charge on any atom is 0.267 e. The van der Waals surface area contributed by atoms with Gasteiger partial charge in [0.2, 0.25) is 5.43 Å². The van der Waals surface area contributed by atoms with Gasteiger partial charge in [-0.1, -0.05) is 6.07 Å². The number of aromatic nitrogens is 1. The Kier molecular flexibility index (Phi) is 3.57. The van der Waals surface area contributed by atoms with Crippen molar-refractivity contribution < 1.29 is 13.2 Å². The fourth-order valence-electron chi connectivity index (χ4n) is 1.51. The van der Waals surface area contributed by atoms with Gasteiger partial charge in [-0.3, -0.25) is 9.52 Å². The van der Waals surface area contributed by atoms with Crippen molar-refractivity contribution in [1.82, 2.24) is 4.98 Å². The number of nitrogens with one attached hydrogen (secondary N) is 2. The second-order valence-corrected chi connectivity index (χ2v) is 5.36. The van der Waals surface area contributed by atoms with Crippen LogP contribution in [0.15, 0.2) is 52.4 Å². The van der Waals surface area contributed by atoms with Crippen LogP contribution in [0.3, 0.4) is 0 Å². The molecule has 0 aliphatic rings. The molecular formula is C12H12N2O4S. The summed E-state index contributed by atoms with van der Waals surface area (Å²) in [5.41, 5.74) is -0.253. The van der Waals surface area contributed by atoms with Crippen LogP contribution in [0.5, 0.6) is 5.75 Å². The highest BCUT2D eigenvalue weighted by atomic mass is 32.2. The molecule has 0 saturated heterocycles. The number of aromatic amines is 1. The van der Waals surface area contributed by atoms with Crippen molar-refractivity contribution in [2.75, 3.05) is 11.8 Å². The molecule has 2 N–H and O–H groups in total. The minimum Gasteiger partial charge on any atom is -0.497 e. The summed E-state index contributed by atoms with van der Waals surface area (Å²) in [6, 6.07) is 7.57. The first-order chi connectivity index (χ1) is 9.03. The highest BCUT2D eigenvalue weighted by Crippen LogP contribution is 2.19. The van der Waals surface area contributed by atoms with E-state index in [1.807, 2.05) is 0 Å². The molecule has 0 unspecified atom stereocenters. The van der Waals surface area contributed by atoms with Crippen molar-refractivity contribution >= 4 is 15.7 Å². The molecule has 2 rings (SSSR count). The summed E-state index contributed by atoms with van der Waals surface area (Å²) in [6.07, 6.45) is 2.51. The lowest BCUT2D eigenvalue weighted by Crippen LogP contribution is -2.20. The number of pyridine rings is 1. The third-order valence-corrected chi connectivity index (χ3v) is 3.80. The first kappa shape index (κ1) is 13.2. The van der Waals surface area contributed by atoms with Gasteiger partial charge in [-0.2, -0.15) is 0 Å². The molecule has 0 spiro atoms. The maximum absolute atomic E-state index is 12.1. The Morgan fingerprint density at radius 2 is 2.05 bits per heavy atom. The SMILES string of the molecule is COc1cccc(NS(=O)(=O)c2c[nH]ccc2=O)c1. The summed E-state index contributed by atoms with van der Waals surface area (Å²) in [4.78, 5) is 13.8. The van der Waals surface area contributed by atoms with Crippen LogP contribution < -0.4 is 14.9 Å². The number of hydrogen-bond acceptors (Lipinski definition) is 4. The molecule has 0 bridgehead atoms. The third-order valence-electron chi connectivity index (χ3n) is 2.40. The van der Waals surface area contributed by atoms with Gasteiger partial charge in [0.05, 0.1) is 12.8 Å². The average molecular weight is 280 g/mol. The van der Waals surface area contributed by atoms with E-state index in [0.717, 1.165) is 12.3 Å². The predicted octanol–water partition coefficient (Wildman–Crippen LogP) is 1.18. The standard InChI is InChI=1S/C12H12N2O4S/c1-18-10-4-2-3-9(7-10)14-19(16,17)12-8-13-6-5-11(12)15/h2-8,14H,1H3,(H,13,15). The van der Waals surface area contributed by atoms with Crippen molar-refractivity contribution in [3.8, 4) is 5.75 Å². The number of rotatable bonds is 4. The summed E-state index contributed by atoms with van der Waals surface area (Å²) in [7, 11) is -2.44. The van der Waals surface area contributed by atoms with Crippen molar-refractivity contribution in [2.24, 2.45) is 0 Å². The van der Waals surface area contributed by atoms with Crippen molar-refractivity contribution in [3.05, 3.63) is 52.9 Å². The Labute approximate surface area is 110 Å². The lowest BCUT2D eigenvalue weighted by Gasteiger charge is -2.08. The molecule has 0 aliphatic heterocycles. The van der Waals surface area contributed by atoms with Crippen LogP contribution in [0.1, 0.15) is 0 Å². The summed E-state index contributed by atoms with van der Waals surface area (Å²) >= 11 is 0. The molecule has 0 saturated carbocycles. The molecule has 7 heteroatoms. The van der Waals surface area contributed by atoms with Crippen molar-refractivity contribution in [2.45, 2.75) is 4.90 Å². The van der Waals surface area contributed by atoms with Crippen LogP contribution in [-0.4, -0.2) is 20.5 Å². The Morgan fingerprint density at radius 1 is 1.26 bits per heavy atom. The Bertz CT molecular complexity index is 737. The fraction of sp³-hybridized carbons (Fsp3) is 0.0833. The van der Waals surface area contributed by atoms with Gasteiger partial charge in [0, 0.05) is 24.5 Å². The number of anilines is 1. The van der Waals surface area contributed by atoms with Crippen molar-refractivity contribution in [1.29, 1.82) is 0 Å². The van der Waals surface area contributed by atoms with Crippen LogP contribution in [0.4, 0.5) is 5.69 Å². The predicted molar refractivity (Wildman–Crippen MR) is 70.9 cm³/mol. The van der Waals surface area contributed by atoms with Gasteiger partial charge in [0.15, 0.2) is 4.90 Å². The highest BCUT2D eigenvalue weighted by molar-refractivity contribution is 7.92. The van der Waals surface area contributed by atoms with Gasteiger partial charge in [-0.05, 0) is 12.1 Å². The molecule has 100 valence electrons. The molecule has 6 nitrogen and oxygen atoms in total. The van der Waals surface area contributed by atoms with E-state index in [2.05, 4.69) is 9.71 Å². The highest BCUT2D eigenvalue weighted by Gasteiger charge is 2.17. The zero-order chi connectivity index (χ0) is 13.9. The van der Waals surface area contributed by atoms with Crippen molar-refractivity contribution in [3.63, 3.8) is 0 Å². The summed E-state index contributed by atoms with van der Waals surface area (Å²) in [6.45, 7) is 0.